The molecule has 0 saturated carbocycles. The Labute approximate surface area is 152 Å². The van der Waals surface area contributed by atoms with Crippen LogP contribution >= 0.6 is 11.8 Å². The summed E-state index contributed by atoms with van der Waals surface area (Å²) in [6, 6.07) is 9.82. The van der Waals surface area contributed by atoms with Gasteiger partial charge in [-0.05, 0) is 24.0 Å². The van der Waals surface area contributed by atoms with E-state index in [4.69, 9.17) is 0 Å². The normalized spacial score (nSPS) is 10.7. The number of nitrogens with zero attached hydrogens (tertiary/aromatic N) is 2. The third-order valence-corrected chi connectivity index (χ3v) is 4.75. The topological polar surface area (TPSA) is 66.1 Å². The highest BCUT2D eigenvalue weighted by Crippen LogP contribution is 2.14. The van der Waals surface area contributed by atoms with Crippen molar-refractivity contribution in [2.75, 3.05) is 12.8 Å². The molecule has 0 fully saturated rings. The summed E-state index contributed by atoms with van der Waals surface area (Å²) in [7, 11) is 1.79. The maximum atomic E-state index is 12.3. The fraction of sp³-hybridized carbons (Fsp3) is 0.421. The predicted octanol–water partition coefficient (Wildman–Crippen LogP) is 3.04. The van der Waals surface area contributed by atoms with Crippen molar-refractivity contribution in [1.82, 2.24) is 14.9 Å². The molecule has 6 heteroatoms. The minimum absolute atomic E-state index is 0.00751. The number of hydrogen-bond donors (Lipinski definition) is 1. The smallest absolute Gasteiger partial charge is 0.251 e. The largest absolute Gasteiger partial charge is 0.341 e. The van der Waals surface area contributed by atoms with E-state index in [9.17, 15) is 9.59 Å². The van der Waals surface area contributed by atoms with Crippen LogP contribution in [0.15, 0.2) is 40.3 Å². The van der Waals surface area contributed by atoms with Crippen LogP contribution in [-0.2, 0) is 24.2 Å². The summed E-state index contributed by atoms with van der Waals surface area (Å²) in [5.74, 6) is 0.260. The van der Waals surface area contributed by atoms with Crippen LogP contribution in [0.2, 0.25) is 0 Å². The summed E-state index contributed by atoms with van der Waals surface area (Å²) in [6.45, 7) is 4.74. The Morgan fingerprint density at radius 1 is 1.20 bits per heavy atom. The summed E-state index contributed by atoms with van der Waals surface area (Å²) in [5.41, 5.74) is 2.99. The molecule has 2 aromatic rings. The van der Waals surface area contributed by atoms with Crippen molar-refractivity contribution in [3.05, 3.63) is 57.5 Å². The van der Waals surface area contributed by atoms with Gasteiger partial charge in [0.25, 0.3) is 5.56 Å². The fourth-order valence-corrected chi connectivity index (χ4v) is 3.25. The van der Waals surface area contributed by atoms with Crippen LogP contribution in [0, 0.1) is 0 Å². The Kier molecular flexibility index (Phi) is 7.25. The van der Waals surface area contributed by atoms with Crippen LogP contribution in [-0.4, -0.2) is 33.6 Å². The molecule has 0 aliphatic rings. The zero-order valence-corrected chi connectivity index (χ0v) is 15.9. The van der Waals surface area contributed by atoms with E-state index < -0.39 is 0 Å². The number of H-pyrrole nitrogens is 1. The summed E-state index contributed by atoms with van der Waals surface area (Å²) < 4.78 is 0. The van der Waals surface area contributed by atoms with Gasteiger partial charge < -0.3 is 9.88 Å². The van der Waals surface area contributed by atoms with Crippen LogP contribution in [0.1, 0.15) is 37.1 Å². The Balaban J connectivity index is 1.91. The molecule has 1 heterocycles. The minimum Gasteiger partial charge on any atom is -0.341 e. The number of carbonyl (C=O) groups excluding carboxylic acids is 1. The molecule has 2 rings (SSSR count). The number of aromatic nitrogens is 2. The summed E-state index contributed by atoms with van der Waals surface area (Å²) >= 11 is 1.27. The van der Waals surface area contributed by atoms with Crippen molar-refractivity contribution in [3.63, 3.8) is 0 Å². The predicted molar refractivity (Wildman–Crippen MR) is 102 cm³/mol. The third-order valence-electron chi connectivity index (χ3n) is 3.89. The van der Waals surface area contributed by atoms with Gasteiger partial charge >= 0.3 is 0 Å². The average molecular weight is 359 g/mol. The van der Waals surface area contributed by atoms with Crippen molar-refractivity contribution in [1.29, 1.82) is 0 Å². The van der Waals surface area contributed by atoms with Gasteiger partial charge in [-0.1, -0.05) is 56.3 Å². The van der Waals surface area contributed by atoms with Crippen molar-refractivity contribution < 1.29 is 4.79 Å². The van der Waals surface area contributed by atoms with E-state index in [0.29, 0.717) is 11.7 Å². The highest BCUT2D eigenvalue weighted by atomic mass is 32.2. The molecule has 25 heavy (non-hydrogen) atoms. The van der Waals surface area contributed by atoms with E-state index in [1.165, 1.54) is 23.4 Å². The molecular weight excluding hydrogens is 334 g/mol. The minimum atomic E-state index is -0.169. The SMILES string of the molecule is CCCc1cc(=O)[nH]c(SCC(=O)N(C)Cc2ccc(CC)cc2)n1. The Hall–Kier alpha value is -2.08. The summed E-state index contributed by atoms with van der Waals surface area (Å²) in [6.07, 6.45) is 2.70. The zero-order valence-electron chi connectivity index (χ0n) is 15.0. The zero-order chi connectivity index (χ0) is 18.2. The fourth-order valence-electron chi connectivity index (χ4n) is 2.42. The van der Waals surface area contributed by atoms with Crippen LogP contribution in [0.25, 0.3) is 0 Å². The van der Waals surface area contributed by atoms with Crippen molar-refractivity contribution in [2.45, 2.75) is 44.8 Å². The van der Waals surface area contributed by atoms with Crippen LogP contribution in [0.5, 0.6) is 0 Å². The van der Waals surface area contributed by atoms with Crippen molar-refractivity contribution in [2.24, 2.45) is 0 Å². The van der Waals surface area contributed by atoms with Gasteiger partial charge in [-0.3, -0.25) is 9.59 Å². The molecule has 0 aliphatic heterocycles. The van der Waals surface area contributed by atoms with Crippen LogP contribution in [0.3, 0.4) is 0 Å². The monoisotopic (exact) mass is 359 g/mol. The average Bonchev–Trinajstić information content (AvgIpc) is 2.60. The number of amides is 1. The number of thioether (sulfide) groups is 1. The van der Waals surface area contributed by atoms with Crippen molar-refractivity contribution in [3.8, 4) is 0 Å². The van der Waals surface area contributed by atoms with Gasteiger partial charge in [0.1, 0.15) is 0 Å². The molecule has 0 radical (unpaired) electrons. The molecule has 0 atom stereocenters. The second-order valence-corrected chi connectivity index (χ2v) is 6.96. The number of rotatable bonds is 8. The lowest BCUT2D eigenvalue weighted by Crippen LogP contribution is -2.28. The molecule has 0 bridgehead atoms. The van der Waals surface area contributed by atoms with E-state index in [0.717, 1.165) is 30.5 Å². The first-order valence-electron chi connectivity index (χ1n) is 8.56. The van der Waals surface area contributed by atoms with Gasteiger partial charge in [-0.15, -0.1) is 0 Å². The molecule has 134 valence electrons. The van der Waals surface area contributed by atoms with E-state index in [1.807, 2.05) is 6.92 Å². The number of hydrogen-bond acceptors (Lipinski definition) is 4. The quantitative estimate of drug-likeness (QED) is 0.581. The Morgan fingerprint density at radius 3 is 2.52 bits per heavy atom. The highest BCUT2D eigenvalue weighted by molar-refractivity contribution is 7.99. The maximum absolute atomic E-state index is 12.3. The standard InChI is InChI=1S/C19H25N3O2S/c1-4-6-16-11-17(23)21-19(20-16)25-13-18(24)22(3)12-15-9-7-14(5-2)8-10-15/h7-11H,4-6,12-13H2,1-3H3,(H,20,21,23). The number of nitrogens with one attached hydrogen (secondary N) is 1. The molecule has 1 aromatic heterocycles. The van der Waals surface area contributed by atoms with Crippen LogP contribution in [0.4, 0.5) is 0 Å². The number of aromatic amines is 1. The lowest BCUT2D eigenvalue weighted by molar-refractivity contribution is -0.127. The first-order chi connectivity index (χ1) is 12.0. The molecule has 0 aliphatic carbocycles. The molecular formula is C19H25N3O2S. The lowest BCUT2D eigenvalue weighted by Gasteiger charge is -2.17. The van der Waals surface area contributed by atoms with Gasteiger partial charge in [0.2, 0.25) is 5.91 Å². The molecule has 5 nitrogen and oxygen atoms in total. The Bertz CT molecular complexity index is 756. The number of benzene rings is 1. The van der Waals surface area contributed by atoms with Gasteiger partial charge in [0.05, 0.1) is 5.75 Å². The van der Waals surface area contributed by atoms with E-state index in [1.54, 1.807) is 11.9 Å². The van der Waals surface area contributed by atoms with Crippen LogP contribution < -0.4 is 5.56 Å². The first kappa shape index (κ1) is 19.2. The second kappa shape index (κ2) is 9.42. The second-order valence-electron chi connectivity index (χ2n) is 6.00. The molecule has 0 saturated heterocycles. The van der Waals surface area contributed by atoms with E-state index >= 15 is 0 Å². The van der Waals surface area contributed by atoms with E-state index in [-0.39, 0.29) is 17.2 Å². The molecule has 0 unspecified atom stereocenters. The third kappa shape index (κ3) is 6.05. The molecule has 1 N–H and O–H groups in total. The van der Waals surface area contributed by atoms with Gasteiger partial charge in [-0.2, -0.15) is 0 Å². The highest BCUT2D eigenvalue weighted by Gasteiger charge is 2.11. The molecule has 1 amide bonds. The Morgan fingerprint density at radius 2 is 1.88 bits per heavy atom. The lowest BCUT2D eigenvalue weighted by atomic mass is 10.1. The molecule has 1 aromatic carbocycles. The van der Waals surface area contributed by atoms with E-state index in [2.05, 4.69) is 41.2 Å². The number of carbonyl (C=O) groups is 1. The van der Waals surface area contributed by atoms with Gasteiger partial charge in [0.15, 0.2) is 5.16 Å². The first-order valence-corrected chi connectivity index (χ1v) is 9.55. The summed E-state index contributed by atoms with van der Waals surface area (Å²) in [4.78, 5) is 32.8. The van der Waals surface area contributed by atoms with Gasteiger partial charge in [0, 0.05) is 25.4 Å². The molecule has 0 spiro atoms. The van der Waals surface area contributed by atoms with Crippen molar-refractivity contribution >= 4 is 17.7 Å². The summed E-state index contributed by atoms with van der Waals surface area (Å²) in [5, 5.41) is 0.505. The maximum Gasteiger partial charge on any atom is 0.251 e. The number of aryl methyl sites for hydroxylation is 2. The van der Waals surface area contributed by atoms with Gasteiger partial charge in [-0.25, -0.2) is 4.98 Å².